The molecule has 0 unspecified atom stereocenters. The van der Waals surface area contributed by atoms with Crippen LogP contribution in [-0.4, -0.2) is 31.0 Å². The van der Waals surface area contributed by atoms with Crippen LogP contribution >= 0.6 is 0 Å². The van der Waals surface area contributed by atoms with E-state index in [-0.39, 0.29) is 23.8 Å². The molecule has 0 spiro atoms. The molecule has 0 bridgehead atoms. The topological polar surface area (TPSA) is 67.4 Å². The number of nitrogens with one attached hydrogen (secondary N) is 2. The zero-order chi connectivity index (χ0) is 16.7. The van der Waals surface area contributed by atoms with Gasteiger partial charge in [-0.1, -0.05) is 25.1 Å². The van der Waals surface area contributed by atoms with Gasteiger partial charge in [0.1, 0.15) is 11.8 Å². The Balaban J connectivity index is 2.59. The number of hydrogen-bond acceptors (Lipinski definition) is 3. The lowest BCUT2D eigenvalue weighted by molar-refractivity contribution is -0.129. The van der Waals surface area contributed by atoms with Gasteiger partial charge in [0.25, 0.3) is 0 Å². The van der Waals surface area contributed by atoms with Crippen molar-refractivity contribution in [3.8, 4) is 5.75 Å². The predicted molar refractivity (Wildman–Crippen MR) is 86.9 cm³/mol. The van der Waals surface area contributed by atoms with E-state index in [1.54, 1.807) is 14.0 Å². The summed E-state index contributed by atoms with van der Waals surface area (Å²) in [6, 6.07) is 7.16. The van der Waals surface area contributed by atoms with Crippen LogP contribution in [-0.2, 0) is 9.59 Å². The number of ether oxygens (including phenoxy) is 1. The molecule has 0 aliphatic rings. The molecule has 2 atom stereocenters. The van der Waals surface area contributed by atoms with E-state index in [9.17, 15) is 9.59 Å². The Kier molecular flexibility index (Phi) is 6.89. The normalized spacial score (nSPS) is 13.4. The van der Waals surface area contributed by atoms with E-state index < -0.39 is 6.04 Å². The van der Waals surface area contributed by atoms with Crippen LogP contribution in [0.2, 0.25) is 0 Å². The first-order chi connectivity index (χ1) is 10.3. The molecule has 1 rings (SSSR count). The Morgan fingerprint density at radius 1 is 1.09 bits per heavy atom. The van der Waals surface area contributed by atoms with Crippen LogP contribution in [0.5, 0.6) is 5.75 Å². The summed E-state index contributed by atoms with van der Waals surface area (Å²) in [5.74, 6) is 0.461. The van der Waals surface area contributed by atoms with Gasteiger partial charge in [-0.05, 0) is 38.3 Å². The highest BCUT2D eigenvalue weighted by molar-refractivity contribution is 5.87. The first kappa shape index (κ1) is 18.0. The fourth-order valence-electron chi connectivity index (χ4n) is 2.24. The second-order valence-electron chi connectivity index (χ2n) is 5.80. The summed E-state index contributed by atoms with van der Waals surface area (Å²) in [4.78, 5) is 23.9. The molecule has 22 heavy (non-hydrogen) atoms. The van der Waals surface area contributed by atoms with Crippen LogP contribution < -0.4 is 15.4 Å². The Morgan fingerprint density at radius 3 is 2.32 bits per heavy atom. The molecule has 5 nitrogen and oxygen atoms in total. The molecule has 0 heterocycles. The van der Waals surface area contributed by atoms with Gasteiger partial charge in [-0.3, -0.25) is 9.59 Å². The summed E-state index contributed by atoms with van der Waals surface area (Å²) in [6.07, 6.45) is 0.305. The number of amides is 2. The van der Waals surface area contributed by atoms with Crippen LogP contribution in [0, 0.1) is 0 Å². The van der Waals surface area contributed by atoms with E-state index in [1.807, 2.05) is 45.0 Å². The number of hydrogen-bond donors (Lipinski definition) is 2. The van der Waals surface area contributed by atoms with Crippen molar-refractivity contribution in [2.75, 3.05) is 7.11 Å². The minimum Gasteiger partial charge on any atom is -0.496 e. The molecule has 0 aromatic heterocycles. The third-order valence-corrected chi connectivity index (χ3v) is 3.36. The summed E-state index contributed by atoms with van der Waals surface area (Å²) in [7, 11) is 1.62. The van der Waals surface area contributed by atoms with Crippen LogP contribution in [0.3, 0.4) is 0 Å². The standard InChI is InChI=1S/C17H26N2O3/c1-11(2)18-17(21)13(4)19-16(20)10-12(3)14-8-6-7-9-15(14)22-5/h6-9,11-13H,10H2,1-5H3,(H,18,21)(H,19,20)/t12-,13+/m1/s1. The van der Waals surface area contributed by atoms with Crippen molar-refractivity contribution in [3.05, 3.63) is 29.8 Å². The molecule has 0 aliphatic carbocycles. The monoisotopic (exact) mass is 306 g/mol. The van der Waals surface area contributed by atoms with Gasteiger partial charge in [-0.15, -0.1) is 0 Å². The van der Waals surface area contributed by atoms with Crippen molar-refractivity contribution in [1.29, 1.82) is 0 Å². The summed E-state index contributed by atoms with van der Waals surface area (Å²) in [5, 5.41) is 5.51. The molecule has 122 valence electrons. The summed E-state index contributed by atoms with van der Waals surface area (Å²) in [6.45, 7) is 7.42. The maximum absolute atomic E-state index is 12.1. The Hall–Kier alpha value is -2.04. The van der Waals surface area contributed by atoms with Crippen molar-refractivity contribution in [2.24, 2.45) is 0 Å². The zero-order valence-corrected chi connectivity index (χ0v) is 14.0. The minimum atomic E-state index is -0.542. The summed E-state index contributed by atoms with van der Waals surface area (Å²) in [5.41, 5.74) is 0.986. The van der Waals surface area contributed by atoms with Crippen molar-refractivity contribution >= 4 is 11.8 Å². The second-order valence-corrected chi connectivity index (χ2v) is 5.80. The minimum absolute atomic E-state index is 0.0107. The highest BCUT2D eigenvalue weighted by Gasteiger charge is 2.19. The number of methoxy groups -OCH3 is 1. The average Bonchev–Trinajstić information content (AvgIpc) is 2.46. The molecule has 5 heteroatoms. The van der Waals surface area contributed by atoms with Crippen molar-refractivity contribution < 1.29 is 14.3 Å². The van der Waals surface area contributed by atoms with Crippen LogP contribution in [0.1, 0.15) is 45.6 Å². The van der Waals surface area contributed by atoms with E-state index in [0.717, 1.165) is 11.3 Å². The predicted octanol–water partition coefficient (Wildman–Crippen LogP) is 2.22. The summed E-state index contributed by atoms with van der Waals surface area (Å²) >= 11 is 0. The Labute approximate surface area is 132 Å². The first-order valence-electron chi connectivity index (χ1n) is 7.57. The molecule has 2 N–H and O–H groups in total. The molecule has 1 aromatic rings. The van der Waals surface area contributed by atoms with Gasteiger partial charge in [-0.25, -0.2) is 0 Å². The smallest absolute Gasteiger partial charge is 0.242 e. The number of carbonyl (C=O) groups is 2. The van der Waals surface area contributed by atoms with E-state index in [0.29, 0.717) is 6.42 Å². The van der Waals surface area contributed by atoms with Gasteiger partial charge < -0.3 is 15.4 Å². The van der Waals surface area contributed by atoms with Gasteiger partial charge in [-0.2, -0.15) is 0 Å². The molecular weight excluding hydrogens is 280 g/mol. The SMILES string of the molecule is COc1ccccc1[C@H](C)CC(=O)N[C@@H](C)C(=O)NC(C)C. The largest absolute Gasteiger partial charge is 0.496 e. The van der Waals surface area contributed by atoms with Crippen LogP contribution in [0.15, 0.2) is 24.3 Å². The van der Waals surface area contributed by atoms with Gasteiger partial charge in [0.15, 0.2) is 0 Å². The van der Waals surface area contributed by atoms with Crippen LogP contribution in [0.25, 0.3) is 0 Å². The van der Waals surface area contributed by atoms with E-state index in [2.05, 4.69) is 10.6 Å². The van der Waals surface area contributed by atoms with Crippen molar-refractivity contribution in [3.63, 3.8) is 0 Å². The van der Waals surface area contributed by atoms with Gasteiger partial charge >= 0.3 is 0 Å². The molecule has 0 fully saturated rings. The highest BCUT2D eigenvalue weighted by atomic mass is 16.5. The molecule has 0 saturated heterocycles. The number of carbonyl (C=O) groups excluding carboxylic acids is 2. The fourth-order valence-corrected chi connectivity index (χ4v) is 2.24. The highest BCUT2D eigenvalue weighted by Crippen LogP contribution is 2.28. The van der Waals surface area contributed by atoms with Crippen molar-refractivity contribution in [2.45, 2.75) is 52.1 Å². The zero-order valence-electron chi connectivity index (χ0n) is 14.0. The Bertz CT molecular complexity index is 514. The molecular formula is C17H26N2O3. The molecule has 0 saturated carbocycles. The quantitative estimate of drug-likeness (QED) is 0.811. The lowest BCUT2D eigenvalue weighted by Gasteiger charge is -2.18. The maximum atomic E-state index is 12.1. The number of rotatable bonds is 7. The number of para-hydroxylation sites is 1. The van der Waals surface area contributed by atoms with Crippen LogP contribution in [0.4, 0.5) is 0 Å². The van der Waals surface area contributed by atoms with E-state index in [1.165, 1.54) is 0 Å². The third-order valence-electron chi connectivity index (χ3n) is 3.36. The lowest BCUT2D eigenvalue weighted by Crippen LogP contribution is -2.46. The molecule has 0 radical (unpaired) electrons. The molecule has 0 aliphatic heterocycles. The van der Waals surface area contributed by atoms with Gasteiger partial charge in [0.05, 0.1) is 7.11 Å². The lowest BCUT2D eigenvalue weighted by atomic mass is 9.96. The van der Waals surface area contributed by atoms with E-state index in [4.69, 9.17) is 4.74 Å². The van der Waals surface area contributed by atoms with Gasteiger partial charge in [0.2, 0.25) is 11.8 Å². The second kappa shape index (κ2) is 8.41. The maximum Gasteiger partial charge on any atom is 0.242 e. The Morgan fingerprint density at radius 2 is 1.73 bits per heavy atom. The van der Waals surface area contributed by atoms with Crippen molar-refractivity contribution in [1.82, 2.24) is 10.6 Å². The molecule has 1 aromatic carbocycles. The number of benzene rings is 1. The first-order valence-corrected chi connectivity index (χ1v) is 7.57. The summed E-state index contributed by atoms with van der Waals surface area (Å²) < 4.78 is 5.32. The molecule has 2 amide bonds. The average molecular weight is 306 g/mol. The van der Waals surface area contributed by atoms with E-state index >= 15 is 0 Å². The van der Waals surface area contributed by atoms with Gasteiger partial charge in [0, 0.05) is 12.5 Å². The third kappa shape index (κ3) is 5.39. The fraction of sp³-hybridized carbons (Fsp3) is 0.529.